The Hall–Kier alpha value is -3.07. The van der Waals surface area contributed by atoms with E-state index in [9.17, 15) is 25.2 Å². The lowest BCUT2D eigenvalue weighted by Gasteiger charge is -2.32. The summed E-state index contributed by atoms with van der Waals surface area (Å²) in [5.41, 5.74) is 0.178. The summed E-state index contributed by atoms with van der Waals surface area (Å²) in [6, 6.07) is 11.5. The smallest absolute Gasteiger partial charge is 0.202 e. The van der Waals surface area contributed by atoms with Crippen LogP contribution in [0, 0.1) is 0 Å². The van der Waals surface area contributed by atoms with E-state index in [0.717, 1.165) is 0 Å². The molecule has 1 saturated heterocycles. The van der Waals surface area contributed by atoms with Crippen molar-refractivity contribution in [3.05, 3.63) is 52.7 Å². The summed E-state index contributed by atoms with van der Waals surface area (Å²) in [7, 11) is 0. The van der Waals surface area contributed by atoms with E-state index in [2.05, 4.69) is 0 Å². The van der Waals surface area contributed by atoms with Crippen molar-refractivity contribution in [1.29, 1.82) is 0 Å². The summed E-state index contributed by atoms with van der Waals surface area (Å²) in [5, 5.41) is 39.7. The van der Waals surface area contributed by atoms with Crippen molar-refractivity contribution >= 4 is 11.0 Å². The number of aliphatic hydroxyl groups is 2. The number of rotatable bonds is 4. The van der Waals surface area contributed by atoms with Crippen molar-refractivity contribution in [2.45, 2.75) is 31.3 Å². The molecule has 4 N–H and O–H groups in total. The molecule has 1 fully saturated rings. The molecule has 2 heterocycles. The van der Waals surface area contributed by atoms with Crippen LogP contribution in [0.5, 0.6) is 17.2 Å². The van der Waals surface area contributed by atoms with Gasteiger partial charge >= 0.3 is 0 Å². The Morgan fingerprint density at radius 1 is 1.07 bits per heavy atom. The minimum atomic E-state index is -0.956. The molecule has 0 aliphatic carbocycles. The van der Waals surface area contributed by atoms with E-state index in [4.69, 9.17) is 13.9 Å². The second-order valence-electron chi connectivity index (χ2n) is 6.90. The van der Waals surface area contributed by atoms with E-state index in [1.54, 1.807) is 24.3 Å². The van der Waals surface area contributed by atoms with Crippen LogP contribution in [-0.2, 0) is 4.74 Å². The first-order valence-electron chi connectivity index (χ1n) is 9.15. The van der Waals surface area contributed by atoms with Crippen LogP contribution in [0.1, 0.15) is 12.8 Å². The van der Waals surface area contributed by atoms with Crippen LogP contribution < -0.4 is 10.2 Å². The molecule has 8 nitrogen and oxygen atoms in total. The van der Waals surface area contributed by atoms with E-state index in [-0.39, 0.29) is 36.2 Å². The third kappa shape index (κ3) is 3.77. The van der Waals surface area contributed by atoms with Gasteiger partial charge in [-0.15, -0.1) is 0 Å². The number of phenolic OH excluding ortho intramolecular Hbond substituents is 2. The Balaban J connectivity index is 1.75. The van der Waals surface area contributed by atoms with Crippen molar-refractivity contribution in [2.75, 3.05) is 6.61 Å². The van der Waals surface area contributed by atoms with Gasteiger partial charge in [-0.25, -0.2) is 0 Å². The van der Waals surface area contributed by atoms with Gasteiger partial charge in [-0.05, 0) is 0 Å². The maximum absolute atomic E-state index is 12.5. The van der Waals surface area contributed by atoms with Gasteiger partial charge in [0.05, 0.1) is 18.8 Å². The normalized spacial score (nSPS) is 21.9. The Kier molecular flexibility index (Phi) is 5.14. The van der Waals surface area contributed by atoms with E-state index in [1.807, 2.05) is 6.07 Å². The fraction of sp³-hybridized carbons (Fsp3) is 0.286. The molecule has 3 aromatic rings. The number of aromatic hydroxyl groups is 2. The Morgan fingerprint density at radius 2 is 1.83 bits per heavy atom. The van der Waals surface area contributed by atoms with Gasteiger partial charge in [-0.1, -0.05) is 30.3 Å². The lowest BCUT2D eigenvalue weighted by Crippen LogP contribution is -2.40. The van der Waals surface area contributed by atoms with Crippen molar-refractivity contribution in [3.63, 3.8) is 0 Å². The third-order valence-corrected chi connectivity index (χ3v) is 4.80. The van der Waals surface area contributed by atoms with Crippen LogP contribution in [0.2, 0.25) is 0 Å². The van der Waals surface area contributed by atoms with Crippen LogP contribution >= 0.6 is 0 Å². The molecule has 0 radical (unpaired) electrons. The van der Waals surface area contributed by atoms with Gasteiger partial charge in [0.1, 0.15) is 16.7 Å². The monoisotopic (exact) mass is 400 g/mol. The average molecular weight is 400 g/mol. The maximum atomic E-state index is 12.5. The maximum Gasteiger partial charge on any atom is 0.202 e. The van der Waals surface area contributed by atoms with Gasteiger partial charge in [0.15, 0.2) is 16.9 Å². The van der Waals surface area contributed by atoms with Crippen molar-refractivity contribution < 1.29 is 34.3 Å². The molecule has 0 spiro atoms. The predicted molar refractivity (Wildman–Crippen MR) is 103 cm³/mol. The number of benzene rings is 2. The van der Waals surface area contributed by atoms with Gasteiger partial charge < -0.3 is 34.3 Å². The van der Waals surface area contributed by atoms with Crippen molar-refractivity contribution in [1.82, 2.24) is 0 Å². The highest BCUT2D eigenvalue weighted by atomic mass is 16.7. The summed E-state index contributed by atoms with van der Waals surface area (Å²) < 4.78 is 16.9. The number of hydrogen-bond acceptors (Lipinski definition) is 8. The number of aliphatic hydroxyl groups excluding tert-OH is 2. The number of phenols is 2. The topological polar surface area (TPSA) is 130 Å². The van der Waals surface area contributed by atoms with Crippen molar-refractivity contribution in [3.8, 4) is 28.6 Å². The SMILES string of the molecule is O=c1cc(-c2ccccc2)oc2cc(OC3CC(O)CC(CO)O3)c(O)c(O)c12. The molecule has 2 aromatic carbocycles. The Labute approximate surface area is 165 Å². The molecule has 1 aromatic heterocycles. The quantitative estimate of drug-likeness (QED) is 0.490. The molecule has 4 rings (SSSR count). The second-order valence-corrected chi connectivity index (χ2v) is 6.90. The van der Waals surface area contributed by atoms with Gasteiger partial charge in [-0.2, -0.15) is 0 Å². The van der Waals surface area contributed by atoms with Gasteiger partial charge in [-0.3, -0.25) is 4.79 Å². The minimum absolute atomic E-state index is 0.0247. The van der Waals surface area contributed by atoms with Crippen LogP contribution in [0.15, 0.2) is 51.7 Å². The van der Waals surface area contributed by atoms with E-state index in [0.29, 0.717) is 11.3 Å². The molecule has 152 valence electrons. The fourth-order valence-corrected chi connectivity index (χ4v) is 3.39. The minimum Gasteiger partial charge on any atom is -0.504 e. The lowest BCUT2D eigenvalue weighted by atomic mass is 10.1. The largest absolute Gasteiger partial charge is 0.504 e. The van der Waals surface area contributed by atoms with Crippen molar-refractivity contribution in [2.24, 2.45) is 0 Å². The Morgan fingerprint density at radius 3 is 2.55 bits per heavy atom. The van der Waals surface area contributed by atoms with E-state index >= 15 is 0 Å². The van der Waals surface area contributed by atoms with Gasteiger partial charge in [0, 0.05) is 30.5 Å². The first-order valence-corrected chi connectivity index (χ1v) is 9.15. The summed E-state index contributed by atoms with van der Waals surface area (Å²) in [6.07, 6.45) is -1.93. The third-order valence-electron chi connectivity index (χ3n) is 4.80. The number of fused-ring (bicyclic) bond motifs is 1. The van der Waals surface area contributed by atoms with Crippen LogP contribution in [0.25, 0.3) is 22.3 Å². The standard InChI is InChI=1S/C21H20O8/c22-10-13-6-12(23)7-18(27-13)29-17-9-16-19(21(26)20(17)25)14(24)8-15(28-16)11-4-2-1-3-5-11/h1-5,8-9,12-13,18,22-23,25-26H,6-7,10H2. The molecule has 0 bridgehead atoms. The van der Waals surface area contributed by atoms with E-state index < -0.39 is 35.4 Å². The van der Waals surface area contributed by atoms with E-state index in [1.165, 1.54) is 12.1 Å². The molecular weight excluding hydrogens is 380 g/mol. The highest BCUT2D eigenvalue weighted by Gasteiger charge is 2.30. The van der Waals surface area contributed by atoms with Gasteiger partial charge in [0.25, 0.3) is 0 Å². The first-order chi connectivity index (χ1) is 14.0. The summed E-state index contributed by atoms with van der Waals surface area (Å²) in [6.45, 7) is -0.290. The highest BCUT2D eigenvalue weighted by molar-refractivity contribution is 5.89. The zero-order chi connectivity index (χ0) is 20.5. The zero-order valence-electron chi connectivity index (χ0n) is 15.3. The zero-order valence-corrected chi connectivity index (χ0v) is 15.3. The molecule has 3 atom stereocenters. The molecule has 1 aliphatic heterocycles. The summed E-state index contributed by atoms with van der Waals surface area (Å²) in [4.78, 5) is 12.5. The molecule has 29 heavy (non-hydrogen) atoms. The lowest BCUT2D eigenvalue weighted by molar-refractivity contribution is -0.185. The van der Waals surface area contributed by atoms with Crippen LogP contribution in [0.4, 0.5) is 0 Å². The van der Waals surface area contributed by atoms with Crippen LogP contribution in [-0.4, -0.2) is 45.5 Å². The van der Waals surface area contributed by atoms with Crippen LogP contribution in [0.3, 0.4) is 0 Å². The summed E-state index contributed by atoms with van der Waals surface area (Å²) in [5.74, 6) is -1.18. The molecule has 3 unspecified atom stereocenters. The summed E-state index contributed by atoms with van der Waals surface area (Å²) >= 11 is 0. The molecule has 0 amide bonds. The molecular formula is C21H20O8. The number of hydrogen-bond donors (Lipinski definition) is 4. The average Bonchev–Trinajstić information content (AvgIpc) is 2.71. The predicted octanol–water partition coefficient (Wildman–Crippen LogP) is 2.11. The highest BCUT2D eigenvalue weighted by Crippen LogP contribution is 2.42. The molecule has 1 aliphatic rings. The fourth-order valence-electron chi connectivity index (χ4n) is 3.39. The first kappa shape index (κ1) is 19.3. The second kappa shape index (κ2) is 7.75. The molecule has 0 saturated carbocycles. The number of ether oxygens (including phenoxy) is 2. The van der Waals surface area contributed by atoms with Gasteiger partial charge in [0.2, 0.25) is 12.0 Å². The molecule has 8 heteroatoms. The Bertz CT molecular complexity index is 1080.